The van der Waals surface area contributed by atoms with Crippen LogP contribution >= 0.6 is 34.7 Å². The highest BCUT2D eigenvalue weighted by Gasteiger charge is 2.10. The maximum absolute atomic E-state index is 12.1. The molecule has 5 nitrogen and oxygen atoms in total. The van der Waals surface area contributed by atoms with Crippen LogP contribution in [-0.2, 0) is 4.79 Å². The van der Waals surface area contributed by atoms with Gasteiger partial charge in [0.05, 0.1) is 27.0 Å². The minimum absolute atomic E-state index is 0.113. The fraction of sp³-hybridized carbons (Fsp3) is 0.0625. The number of halogens is 1. The van der Waals surface area contributed by atoms with Crippen molar-refractivity contribution in [1.29, 1.82) is 0 Å². The van der Waals surface area contributed by atoms with E-state index < -0.39 is 0 Å². The summed E-state index contributed by atoms with van der Waals surface area (Å²) in [4.78, 5) is 24.1. The summed E-state index contributed by atoms with van der Waals surface area (Å²) in [5.74, 6) is 0.140. The summed E-state index contributed by atoms with van der Waals surface area (Å²) in [6, 6.07) is 13.2. The van der Waals surface area contributed by atoms with Crippen LogP contribution in [0.5, 0.6) is 0 Å². The molecule has 0 aliphatic carbocycles. The Morgan fingerprint density at radius 3 is 2.96 bits per heavy atom. The number of nitrogens with zero attached hydrogens (tertiary/aromatic N) is 2. The van der Waals surface area contributed by atoms with Gasteiger partial charge in [-0.15, -0.1) is 0 Å². The molecule has 2 aromatic carbocycles. The number of anilines is 1. The molecule has 2 N–H and O–H groups in total. The van der Waals surface area contributed by atoms with Gasteiger partial charge in [0, 0.05) is 5.02 Å². The van der Waals surface area contributed by atoms with E-state index >= 15 is 0 Å². The Morgan fingerprint density at radius 2 is 2.08 bits per heavy atom. The molecule has 0 unspecified atom stereocenters. The number of fused-ring (bicyclic) bond motifs is 2. The zero-order valence-corrected chi connectivity index (χ0v) is 14.6. The average Bonchev–Trinajstić information content (AvgIpc) is 3.15. The lowest BCUT2D eigenvalue weighted by Crippen LogP contribution is -2.13. The summed E-state index contributed by atoms with van der Waals surface area (Å²) in [5.41, 5.74) is 2.57. The van der Waals surface area contributed by atoms with Gasteiger partial charge in [0.25, 0.3) is 0 Å². The number of aromatic nitrogens is 3. The Labute approximate surface area is 150 Å². The lowest BCUT2D eigenvalue weighted by Gasteiger charge is -1.99. The molecule has 0 saturated heterocycles. The molecule has 0 aliphatic heterocycles. The predicted molar refractivity (Wildman–Crippen MR) is 100 cm³/mol. The number of thiazole rings is 1. The van der Waals surface area contributed by atoms with Gasteiger partial charge in [-0.2, -0.15) is 0 Å². The molecule has 0 fully saturated rings. The Morgan fingerprint density at radius 1 is 1.21 bits per heavy atom. The molecule has 4 aromatic rings. The number of benzene rings is 2. The van der Waals surface area contributed by atoms with E-state index in [2.05, 4.69) is 20.3 Å². The highest BCUT2D eigenvalue weighted by atomic mass is 35.5. The number of rotatable bonds is 4. The van der Waals surface area contributed by atoms with Gasteiger partial charge in [-0.25, -0.2) is 9.97 Å². The van der Waals surface area contributed by atoms with Crippen molar-refractivity contribution in [2.75, 3.05) is 11.1 Å². The smallest absolute Gasteiger partial charge is 0.236 e. The van der Waals surface area contributed by atoms with Crippen LogP contribution in [0.2, 0.25) is 5.02 Å². The summed E-state index contributed by atoms with van der Waals surface area (Å²) in [5, 5.41) is 4.77. The van der Waals surface area contributed by atoms with Gasteiger partial charge in [-0.05, 0) is 30.3 Å². The molecule has 0 atom stereocenters. The summed E-state index contributed by atoms with van der Waals surface area (Å²) in [6.45, 7) is 0. The lowest BCUT2D eigenvalue weighted by atomic mass is 10.3. The molecule has 0 saturated carbocycles. The number of carbonyl (C=O) groups is 1. The van der Waals surface area contributed by atoms with Crippen LogP contribution in [0.1, 0.15) is 0 Å². The van der Waals surface area contributed by atoms with Crippen LogP contribution in [-0.4, -0.2) is 26.6 Å². The van der Waals surface area contributed by atoms with Crippen LogP contribution < -0.4 is 5.32 Å². The standard InChI is InChI=1S/C16H11ClN4OS2/c17-9-5-6-10-12(7-9)20-15(18-10)23-8-14(22)21-16-19-11-3-1-2-4-13(11)24-16/h1-7H,8H2,(H,18,20)(H,19,21,22). The van der Waals surface area contributed by atoms with Crippen molar-refractivity contribution in [3.05, 3.63) is 47.5 Å². The van der Waals surface area contributed by atoms with E-state index in [9.17, 15) is 4.79 Å². The first-order valence-electron chi connectivity index (χ1n) is 7.11. The van der Waals surface area contributed by atoms with Crippen molar-refractivity contribution >= 4 is 67.0 Å². The largest absolute Gasteiger partial charge is 0.333 e. The van der Waals surface area contributed by atoms with Crippen molar-refractivity contribution in [3.8, 4) is 0 Å². The molecule has 120 valence electrons. The monoisotopic (exact) mass is 374 g/mol. The number of imidazole rings is 1. The van der Waals surface area contributed by atoms with Gasteiger partial charge in [-0.1, -0.05) is 46.8 Å². The second-order valence-electron chi connectivity index (χ2n) is 5.03. The maximum atomic E-state index is 12.1. The molecule has 4 rings (SSSR count). The van der Waals surface area contributed by atoms with Gasteiger partial charge in [-0.3, -0.25) is 4.79 Å². The number of hydrogen-bond acceptors (Lipinski definition) is 5. The van der Waals surface area contributed by atoms with E-state index in [4.69, 9.17) is 11.6 Å². The van der Waals surface area contributed by atoms with Crippen molar-refractivity contribution in [2.24, 2.45) is 0 Å². The van der Waals surface area contributed by atoms with Crippen LogP contribution in [0.15, 0.2) is 47.6 Å². The Hall–Kier alpha value is -2.09. The highest BCUT2D eigenvalue weighted by molar-refractivity contribution is 7.99. The number of aromatic amines is 1. The zero-order valence-electron chi connectivity index (χ0n) is 12.2. The van der Waals surface area contributed by atoms with Crippen molar-refractivity contribution in [1.82, 2.24) is 15.0 Å². The molecule has 2 aromatic heterocycles. The fourth-order valence-electron chi connectivity index (χ4n) is 2.24. The van der Waals surface area contributed by atoms with Crippen molar-refractivity contribution in [2.45, 2.75) is 5.16 Å². The number of amides is 1. The van der Waals surface area contributed by atoms with Crippen molar-refractivity contribution < 1.29 is 4.79 Å². The summed E-state index contributed by atoms with van der Waals surface area (Å²) in [7, 11) is 0. The number of thioether (sulfide) groups is 1. The number of carbonyl (C=O) groups excluding carboxylic acids is 1. The molecular weight excluding hydrogens is 364 g/mol. The number of hydrogen-bond donors (Lipinski definition) is 2. The van der Waals surface area contributed by atoms with E-state index in [-0.39, 0.29) is 11.7 Å². The fourth-order valence-corrected chi connectivity index (χ4v) is 3.98. The third-order valence-electron chi connectivity index (χ3n) is 3.30. The summed E-state index contributed by atoms with van der Waals surface area (Å²) in [6.07, 6.45) is 0. The minimum Gasteiger partial charge on any atom is -0.333 e. The first-order chi connectivity index (χ1) is 11.7. The summed E-state index contributed by atoms with van der Waals surface area (Å²) < 4.78 is 1.05. The van der Waals surface area contributed by atoms with Crippen LogP contribution in [0.3, 0.4) is 0 Å². The van der Waals surface area contributed by atoms with E-state index in [1.807, 2.05) is 36.4 Å². The van der Waals surface area contributed by atoms with Crippen LogP contribution in [0.25, 0.3) is 21.3 Å². The molecule has 24 heavy (non-hydrogen) atoms. The maximum Gasteiger partial charge on any atom is 0.236 e. The third kappa shape index (κ3) is 3.24. The Bertz CT molecular complexity index is 1010. The third-order valence-corrected chi connectivity index (χ3v) is 5.36. The Balaban J connectivity index is 1.41. The predicted octanol–water partition coefficient (Wildman–Crippen LogP) is 4.56. The Kier molecular flexibility index (Phi) is 4.13. The van der Waals surface area contributed by atoms with Gasteiger partial charge >= 0.3 is 0 Å². The average molecular weight is 375 g/mol. The van der Waals surface area contributed by atoms with Crippen LogP contribution in [0.4, 0.5) is 5.13 Å². The molecule has 1 amide bonds. The van der Waals surface area contributed by atoms with Gasteiger partial charge < -0.3 is 10.3 Å². The molecule has 0 bridgehead atoms. The molecule has 2 heterocycles. The molecule has 0 spiro atoms. The molecule has 0 aliphatic rings. The normalized spacial score (nSPS) is 11.2. The first-order valence-corrected chi connectivity index (χ1v) is 9.29. The van der Waals surface area contributed by atoms with Crippen molar-refractivity contribution in [3.63, 3.8) is 0 Å². The van der Waals surface area contributed by atoms with Gasteiger partial charge in [0.1, 0.15) is 0 Å². The van der Waals surface area contributed by atoms with Crippen LogP contribution in [0, 0.1) is 0 Å². The minimum atomic E-state index is -0.113. The topological polar surface area (TPSA) is 70.7 Å². The first kappa shape index (κ1) is 15.4. The SMILES string of the molecule is O=C(CSc1nc2ccc(Cl)cc2[nH]1)Nc1nc2ccccc2s1. The van der Waals surface area contributed by atoms with E-state index in [1.54, 1.807) is 6.07 Å². The second kappa shape index (κ2) is 6.43. The summed E-state index contributed by atoms with van der Waals surface area (Å²) >= 11 is 8.76. The lowest BCUT2D eigenvalue weighted by molar-refractivity contribution is -0.113. The molecular formula is C16H11ClN4OS2. The highest BCUT2D eigenvalue weighted by Crippen LogP contribution is 2.26. The number of nitrogens with one attached hydrogen (secondary N) is 2. The zero-order chi connectivity index (χ0) is 16.5. The van der Waals surface area contributed by atoms with Gasteiger partial charge in [0.15, 0.2) is 10.3 Å². The number of H-pyrrole nitrogens is 1. The van der Waals surface area contributed by atoms with Gasteiger partial charge in [0.2, 0.25) is 5.91 Å². The second-order valence-corrected chi connectivity index (χ2v) is 7.46. The quantitative estimate of drug-likeness (QED) is 0.514. The van der Waals surface area contributed by atoms with E-state index in [1.165, 1.54) is 23.1 Å². The van der Waals surface area contributed by atoms with E-state index in [0.717, 1.165) is 21.3 Å². The molecule has 8 heteroatoms. The number of para-hydroxylation sites is 1. The molecule has 0 radical (unpaired) electrons. The van der Waals surface area contributed by atoms with E-state index in [0.29, 0.717) is 15.3 Å².